The molecule has 2 rings (SSSR count). The van der Waals surface area contributed by atoms with Crippen molar-refractivity contribution < 1.29 is 13.2 Å². The van der Waals surface area contributed by atoms with Crippen LogP contribution in [-0.2, 0) is 14.8 Å². The van der Waals surface area contributed by atoms with Gasteiger partial charge in [0.25, 0.3) is 0 Å². The Morgan fingerprint density at radius 2 is 1.77 bits per heavy atom. The predicted octanol–water partition coefficient (Wildman–Crippen LogP) is 0.517. The maximum Gasteiger partial charge on any atom is 0.243 e. The third-order valence-corrected chi connectivity index (χ3v) is 5.77. The minimum absolute atomic E-state index is 0. The van der Waals surface area contributed by atoms with Crippen LogP contribution in [0.3, 0.4) is 0 Å². The van der Waals surface area contributed by atoms with Crippen LogP contribution in [0, 0.1) is 13.8 Å². The zero-order chi connectivity index (χ0) is 15.6. The Labute approximate surface area is 137 Å². The quantitative estimate of drug-likeness (QED) is 0.863. The third kappa shape index (κ3) is 3.78. The zero-order valence-electron chi connectivity index (χ0n) is 12.8. The number of nitrogens with zero attached hydrogens (tertiary/aromatic N) is 2. The number of halogens is 1. The maximum absolute atomic E-state index is 12.7. The molecule has 1 aromatic carbocycles. The first-order chi connectivity index (χ1) is 9.86. The van der Waals surface area contributed by atoms with Crippen LogP contribution >= 0.6 is 12.4 Å². The number of amides is 1. The molecule has 1 amide bonds. The van der Waals surface area contributed by atoms with Crippen molar-refractivity contribution in [2.24, 2.45) is 5.73 Å². The van der Waals surface area contributed by atoms with Gasteiger partial charge in [-0.15, -0.1) is 12.4 Å². The molecule has 1 aliphatic rings. The molecule has 1 aromatic rings. The first kappa shape index (κ1) is 18.9. The number of piperazine rings is 1. The second-order valence-electron chi connectivity index (χ2n) is 5.26. The number of aryl methyl sites for hydroxylation is 2. The van der Waals surface area contributed by atoms with E-state index in [0.29, 0.717) is 31.1 Å². The highest BCUT2D eigenvalue weighted by Gasteiger charge is 2.30. The summed E-state index contributed by atoms with van der Waals surface area (Å²) < 4.78 is 26.8. The van der Waals surface area contributed by atoms with Crippen molar-refractivity contribution >= 4 is 28.3 Å². The average molecular weight is 348 g/mol. The van der Waals surface area contributed by atoms with E-state index in [-0.39, 0.29) is 24.9 Å². The molecule has 1 fully saturated rings. The molecule has 1 aliphatic heterocycles. The number of benzene rings is 1. The van der Waals surface area contributed by atoms with Gasteiger partial charge in [0.1, 0.15) is 0 Å². The van der Waals surface area contributed by atoms with Crippen LogP contribution in [0.5, 0.6) is 0 Å². The molecule has 0 aliphatic carbocycles. The summed E-state index contributed by atoms with van der Waals surface area (Å²) in [6, 6.07) is 5.41. The molecule has 2 N–H and O–H groups in total. The predicted molar refractivity (Wildman–Crippen MR) is 87.6 cm³/mol. The second-order valence-corrected chi connectivity index (χ2v) is 7.16. The van der Waals surface area contributed by atoms with Crippen LogP contribution in [0.15, 0.2) is 23.1 Å². The van der Waals surface area contributed by atoms with Crippen molar-refractivity contribution in [1.29, 1.82) is 0 Å². The van der Waals surface area contributed by atoms with Crippen molar-refractivity contribution in [2.75, 3.05) is 32.7 Å². The zero-order valence-corrected chi connectivity index (χ0v) is 14.4. The van der Waals surface area contributed by atoms with Crippen molar-refractivity contribution in [1.82, 2.24) is 9.21 Å². The lowest BCUT2D eigenvalue weighted by Crippen LogP contribution is -2.51. The molecule has 0 saturated carbocycles. The van der Waals surface area contributed by atoms with E-state index >= 15 is 0 Å². The van der Waals surface area contributed by atoms with E-state index in [9.17, 15) is 13.2 Å². The Kier molecular flexibility index (Phi) is 6.37. The highest BCUT2D eigenvalue weighted by Crippen LogP contribution is 2.22. The fourth-order valence-corrected chi connectivity index (χ4v) is 4.16. The van der Waals surface area contributed by atoms with E-state index in [1.54, 1.807) is 17.9 Å². The smallest absolute Gasteiger partial charge is 0.243 e. The summed E-state index contributed by atoms with van der Waals surface area (Å²) in [4.78, 5) is 13.5. The first-order valence-corrected chi connectivity index (χ1v) is 8.35. The molecule has 0 unspecified atom stereocenters. The Bertz CT molecular complexity index is 641. The summed E-state index contributed by atoms with van der Waals surface area (Å²) in [7, 11) is -3.51. The molecule has 1 heterocycles. The second kappa shape index (κ2) is 7.41. The van der Waals surface area contributed by atoms with Gasteiger partial charge in [0, 0.05) is 26.2 Å². The topological polar surface area (TPSA) is 83.7 Å². The minimum atomic E-state index is -3.51. The molecule has 0 atom stereocenters. The average Bonchev–Trinajstić information content (AvgIpc) is 2.49. The summed E-state index contributed by atoms with van der Waals surface area (Å²) in [5.41, 5.74) is 6.98. The van der Waals surface area contributed by atoms with E-state index in [4.69, 9.17) is 5.73 Å². The number of carbonyl (C=O) groups excluding carboxylic acids is 1. The highest BCUT2D eigenvalue weighted by atomic mass is 35.5. The monoisotopic (exact) mass is 347 g/mol. The highest BCUT2D eigenvalue weighted by molar-refractivity contribution is 7.89. The van der Waals surface area contributed by atoms with Gasteiger partial charge in [-0.2, -0.15) is 4.31 Å². The molecular formula is C14H22ClN3O3S. The molecule has 8 heteroatoms. The number of hydrogen-bond acceptors (Lipinski definition) is 4. The minimum Gasteiger partial charge on any atom is -0.339 e. The van der Waals surface area contributed by atoms with E-state index in [2.05, 4.69) is 0 Å². The molecule has 0 aromatic heterocycles. The van der Waals surface area contributed by atoms with Gasteiger partial charge in [0.15, 0.2) is 0 Å². The number of sulfonamides is 1. The SMILES string of the molecule is Cc1ccc(C)c(S(=O)(=O)N2CCN(C(=O)CN)CC2)c1.Cl. The standard InChI is InChI=1S/C14H21N3O3S.ClH/c1-11-3-4-12(2)13(9-11)21(19,20)17-7-5-16(6-8-17)14(18)10-15;/h3-4,9H,5-8,10,15H2,1-2H3;1H. The summed E-state index contributed by atoms with van der Waals surface area (Å²) >= 11 is 0. The van der Waals surface area contributed by atoms with Crippen LogP contribution in [0.2, 0.25) is 0 Å². The van der Waals surface area contributed by atoms with Crippen molar-refractivity contribution in [3.8, 4) is 0 Å². The lowest BCUT2D eigenvalue weighted by molar-refractivity contribution is -0.130. The van der Waals surface area contributed by atoms with Gasteiger partial charge in [-0.1, -0.05) is 12.1 Å². The maximum atomic E-state index is 12.7. The van der Waals surface area contributed by atoms with E-state index in [1.807, 2.05) is 19.1 Å². The number of nitrogens with two attached hydrogens (primary N) is 1. The van der Waals surface area contributed by atoms with Crippen LogP contribution in [0.25, 0.3) is 0 Å². The molecule has 0 radical (unpaired) electrons. The summed E-state index contributed by atoms with van der Waals surface area (Å²) in [5.74, 6) is -0.140. The van der Waals surface area contributed by atoms with Crippen molar-refractivity contribution in [2.45, 2.75) is 18.7 Å². The number of hydrogen-bond donors (Lipinski definition) is 1. The Morgan fingerprint density at radius 1 is 1.18 bits per heavy atom. The van der Waals surface area contributed by atoms with Crippen LogP contribution in [0.1, 0.15) is 11.1 Å². The summed E-state index contributed by atoms with van der Waals surface area (Å²) in [5, 5.41) is 0. The van der Waals surface area contributed by atoms with Crippen molar-refractivity contribution in [3.05, 3.63) is 29.3 Å². The van der Waals surface area contributed by atoms with Gasteiger partial charge in [-0.3, -0.25) is 4.79 Å². The fraction of sp³-hybridized carbons (Fsp3) is 0.500. The molecule has 22 heavy (non-hydrogen) atoms. The Balaban J connectivity index is 0.00000242. The molecule has 124 valence electrons. The fourth-order valence-electron chi connectivity index (χ4n) is 2.43. The Hall–Kier alpha value is -1.15. The van der Waals surface area contributed by atoms with E-state index in [0.717, 1.165) is 11.1 Å². The lowest BCUT2D eigenvalue weighted by Gasteiger charge is -2.34. The molecule has 0 spiro atoms. The van der Waals surface area contributed by atoms with Gasteiger partial charge in [-0.05, 0) is 31.0 Å². The van der Waals surface area contributed by atoms with Gasteiger partial charge in [0.05, 0.1) is 11.4 Å². The molecule has 0 bridgehead atoms. The summed E-state index contributed by atoms with van der Waals surface area (Å²) in [6.07, 6.45) is 0. The van der Waals surface area contributed by atoms with E-state index in [1.165, 1.54) is 4.31 Å². The lowest BCUT2D eigenvalue weighted by atomic mass is 10.2. The van der Waals surface area contributed by atoms with Crippen LogP contribution in [0.4, 0.5) is 0 Å². The molecular weight excluding hydrogens is 326 g/mol. The largest absolute Gasteiger partial charge is 0.339 e. The number of rotatable bonds is 3. The van der Waals surface area contributed by atoms with Crippen LogP contribution in [-0.4, -0.2) is 56.3 Å². The normalized spacial score (nSPS) is 16.2. The first-order valence-electron chi connectivity index (χ1n) is 6.91. The van der Waals surface area contributed by atoms with Gasteiger partial charge >= 0.3 is 0 Å². The third-order valence-electron chi connectivity index (χ3n) is 3.73. The van der Waals surface area contributed by atoms with Gasteiger partial charge < -0.3 is 10.6 Å². The van der Waals surface area contributed by atoms with Crippen molar-refractivity contribution in [3.63, 3.8) is 0 Å². The number of carbonyl (C=O) groups is 1. The van der Waals surface area contributed by atoms with Gasteiger partial charge in [0.2, 0.25) is 15.9 Å². The molecule has 6 nitrogen and oxygen atoms in total. The van der Waals surface area contributed by atoms with Gasteiger partial charge in [-0.25, -0.2) is 8.42 Å². The Morgan fingerprint density at radius 3 is 2.32 bits per heavy atom. The van der Waals surface area contributed by atoms with E-state index < -0.39 is 10.0 Å². The molecule has 1 saturated heterocycles. The summed E-state index contributed by atoms with van der Waals surface area (Å²) in [6.45, 7) is 5.02. The van der Waals surface area contributed by atoms with Crippen LogP contribution < -0.4 is 5.73 Å².